The van der Waals surface area contributed by atoms with Gasteiger partial charge in [0.25, 0.3) is 11.8 Å². The molecule has 0 aliphatic rings. The maximum absolute atomic E-state index is 12.3. The molecule has 1 atom stereocenters. The monoisotopic (exact) mass is 438 g/mol. The second-order valence-corrected chi connectivity index (χ2v) is 7.94. The fraction of sp³-hybridized carbons (Fsp3) is 0.174. The number of ether oxygens (including phenoxy) is 2. The van der Waals surface area contributed by atoms with Crippen LogP contribution in [0, 0.1) is 6.92 Å². The van der Waals surface area contributed by atoms with Crippen molar-refractivity contribution in [2.24, 2.45) is 0 Å². The zero-order valence-electron chi connectivity index (χ0n) is 17.1. The third-order valence-corrected chi connectivity index (χ3v) is 5.14. The quantitative estimate of drug-likeness (QED) is 0.516. The minimum atomic E-state index is -1.02. The molecule has 0 fully saturated rings. The zero-order chi connectivity index (χ0) is 22.2. The number of carbonyl (C=O) groups is 3. The lowest BCUT2D eigenvalue weighted by Gasteiger charge is -2.14. The summed E-state index contributed by atoms with van der Waals surface area (Å²) in [5.41, 5.74) is 0.537. The summed E-state index contributed by atoms with van der Waals surface area (Å²) in [6.45, 7) is 3.03. The van der Waals surface area contributed by atoms with Gasteiger partial charge in [0.15, 0.2) is 6.10 Å². The summed E-state index contributed by atoms with van der Waals surface area (Å²) in [4.78, 5) is 37.7. The van der Waals surface area contributed by atoms with Crippen LogP contribution in [-0.2, 0) is 14.3 Å². The molecule has 0 spiro atoms. The fourth-order valence-electron chi connectivity index (χ4n) is 2.56. The number of amides is 2. The van der Waals surface area contributed by atoms with E-state index < -0.39 is 18.0 Å². The van der Waals surface area contributed by atoms with Crippen LogP contribution in [0.1, 0.15) is 21.5 Å². The van der Waals surface area contributed by atoms with Gasteiger partial charge in [0.2, 0.25) is 0 Å². The summed E-state index contributed by atoms with van der Waals surface area (Å²) in [6.07, 6.45) is -1.02. The molecule has 31 heavy (non-hydrogen) atoms. The topological polar surface area (TPSA) is 93.7 Å². The van der Waals surface area contributed by atoms with Crippen LogP contribution in [0.25, 0.3) is 0 Å². The summed E-state index contributed by atoms with van der Waals surface area (Å²) in [5, 5.41) is 5.16. The van der Waals surface area contributed by atoms with Crippen LogP contribution in [-0.4, -0.2) is 30.4 Å². The summed E-state index contributed by atoms with van der Waals surface area (Å²) in [5.74, 6) is -0.201. The van der Waals surface area contributed by atoms with Gasteiger partial charge in [-0.05, 0) is 62.4 Å². The van der Waals surface area contributed by atoms with Crippen LogP contribution in [0.5, 0.6) is 11.5 Å². The maximum Gasteiger partial charge on any atom is 0.326 e. The Bertz CT molecular complexity index is 1050. The summed E-state index contributed by atoms with van der Waals surface area (Å²) >= 11 is 1.33. The molecule has 160 valence electrons. The number of hydrogen-bond acceptors (Lipinski definition) is 6. The van der Waals surface area contributed by atoms with Gasteiger partial charge in [-0.15, -0.1) is 11.3 Å². The largest absolute Gasteiger partial charge is 0.457 e. The van der Waals surface area contributed by atoms with Gasteiger partial charge in [-0.2, -0.15) is 0 Å². The smallest absolute Gasteiger partial charge is 0.326 e. The average molecular weight is 439 g/mol. The van der Waals surface area contributed by atoms with Crippen molar-refractivity contribution in [1.29, 1.82) is 0 Å². The first kappa shape index (κ1) is 22.0. The standard InChI is InChI=1S/C23H22N2O5S/c1-15-8-13-20(31-15)23(28)24-14-21(26)29-16(2)22(27)25-17-9-11-19(12-10-17)30-18-6-4-3-5-7-18/h3-13,16H,14H2,1-2H3,(H,24,28)(H,25,27). The molecule has 0 bridgehead atoms. The van der Waals surface area contributed by atoms with E-state index in [2.05, 4.69) is 10.6 Å². The highest BCUT2D eigenvalue weighted by Gasteiger charge is 2.19. The van der Waals surface area contributed by atoms with Gasteiger partial charge in [-0.25, -0.2) is 0 Å². The van der Waals surface area contributed by atoms with Crippen molar-refractivity contribution in [3.8, 4) is 11.5 Å². The normalized spacial score (nSPS) is 11.3. The highest BCUT2D eigenvalue weighted by atomic mass is 32.1. The van der Waals surface area contributed by atoms with Crippen LogP contribution in [0.15, 0.2) is 66.7 Å². The van der Waals surface area contributed by atoms with E-state index in [1.54, 1.807) is 30.3 Å². The second-order valence-electron chi connectivity index (χ2n) is 6.65. The van der Waals surface area contributed by atoms with E-state index in [4.69, 9.17) is 9.47 Å². The van der Waals surface area contributed by atoms with Gasteiger partial charge >= 0.3 is 5.97 Å². The van der Waals surface area contributed by atoms with Crippen molar-refractivity contribution in [3.63, 3.8) is 0 Å². The second kappa shape index (κ2) is 10.4. The fourth-order valence-corrected chi connectivity index (χ4v) is 3.35. The van der Waals surface area contributed by atoms with E-state index in [0.717, 1.165) is 4.88 Å². The number of anilines is 1. The number of thiophene rings is 1. The Morgan fingerprint density at radius 2 is 1.61 bits per heavy atom. The van der Waals surface area contributed by atoms with Crippen molar-refractivity contribution in [3.05, 3.63) is 76.5 Å². The summed E-state index contributed by atoms with van der Waals surface area (Å²) < 4.78 is 10.8. The van der Waals surface area contributed by atoms with Gasteiger partial charge in [0.05, 0.1) is 4.88 Å². The van der Waals surface area contributed by atoms with E-state index in [-0.39, 0.29) is 12.5 Å². The molecule has 2 N–H and O–H groups in total. The van der Waals surface area contributed by atoms with Crippen LogP contribution in [0.3, 0.4) is 0 Å². The van der Waals surface area contributed by atoms with E-state index in [1.807, 2.05) is 43.3 Å². The van der Waals surface area contributed by atoms with E-state index in [0.29, 0.717) is 22.1 Å². The Hall–Kier alpha value is -3.65. The van der Waals surface area contributed by atoms with Crippen molar-refractivity contribution in [2.75, 3.05) is 11.9 Å². The van der Waals surface area contributed by atoms with Crippen LogP contribution in [0.2, 0.25) is 0 Å². The lowest BCUT2D eigenvalue weighted by Crippen LogP contribution is -2.35. The van der Waals surface area contributed by atoms with E-state index in [9.17, 15) is 14.4 Å². The lowest BCUT2D eigenvalue weighted by atomic mass is 10.2. The lowest BCUT2D eigenvalue weighted by molar-refractivity contribution is -0.152. The Balaban J connectivity index is 1.44. The molecule has 2 amide bonds. The molecule has 0 aliphatic carbocycles. The SMILES string of the molecule is Cc1ccc(C(=O)NCC(=O)OC(C)C(=O)Nc2ccc(Oc3ccccc3)cc2)s1. The van der Waals surface area contributed by atoms with Gasteiger partial charge in [-0.1, -0.05) is 18.2 Å². The minimum absolute atomic E-state index is 0.321. The zero-order valence-corrected chi connectivity index (χ0v) is 17.9. The predicted molar refractivity (Wildman–Crippen MR) is 119 cm³/mol. The predicted octanol–water partition coefficient (Wildman–Crippen LogP) is 4.15. The molecule has 7 nitrogen and oxygen atoms in total. The van der Waals surface area contributed by atoms with Crippen LogP contribution in [0.4, 0.5) is 5.69 Å². The number of nitrogens with one attached hydrogen (secondary N) is 2. The molecular formula is C23H22N2O5S. The highest BCUT2D eigenvalue weighted by molar-refractivity contribution is 7.13. The Kier molecular flexibility index (Phi) is 7.40. The molecule has 8 heteroatoms. The maximum atomic E-state index is 12.3. The van der Waals surface area contributed by atoms with Gasteiger partial charge < -0.3 is 20.1 Å². The van der Waals surface area contributed by atoms with Crippen molar-refractivity contribution >= 4 is 34.8 Å². The number of para-hydroxylation sites is 1. The summed E-state index contributed by atoms with van der Waals surface area (Å²) in [6, 6.07) is 19.7. The minimum Gasteiger partial charge on any atom is -0.457 e. The number of hydrogen-bond donors (Lipinski definition) is 2. The molecule has 0 saturated heterocycles. The summed E-state index contributed by atoms with van der Waals surface area (Å²) in [7, 11) is 0. The first-order valence-corrected chi connectivity index (χ1v) is 10.4. The molecule has 2 aromatic carbocycles. The first-order valence-electron chi connectivity index (χ1n) is 9.58. The number of aryl methyl sites for hydroxylation is 1. The molecule has 1 unspecified atom stereocenters. The third-order valence-electron chi connectivity index (χ3n) is 4.14. The third kappa shape index (κ3) is 6.68. The van der Waals surface area contributed by atoms with Crippen LogP contribution >= 0.6 is 11.3 Å². The Labute approximate surface area is 184 Å². The van der Waals surface area contributed by atoms with E-state index in [1.165, 1.54) is 18.3 Å². The first-order chi connectivity index (χ1) is 14.9. The number of esters is 1. The van der Waals surface area contributed by atoms with E-state index >= 15 is 0 Å². The molecular weight excluding hydrogens is 416 g/mol. The Morgan fingerprint density at radius 1 is 0.935 bits per heavy atom. The molecule has 0 aliphatic heterocycles. The van der Waals surface area contributed by atoms with Crippen molar-refractivity contribution in [1.82, 2.24) is 5.32 Å². The molecule has 1 aromatic heterocycles. The molecule has 0 saturated carbocycles. The number of carbonyl (C=O) groups excluding carboxylic acids is 3. The molecule has 3 aromatic rings. The molecule has 3 rings (SSSR count). The van der Waals surface area contributed by atoms with Crippen LogP contribution < -0.4 is 15.4 Å². The molecule has 0 radical (unpaired) electrons. The number of benzene rings is 2. The van der Waals surface area contributed by atoms with Gasteiger partial charge in [-0.3, -0.25) is 14.4 Å². The van der Waals surface area contributed by atoms with Crippen molar-refractivity contribution in [2.45, 2.75) is 20.0 Å². The highest BCUT2D eigenvalue weighted by Crippen LogP contribution is 2.22. The average Bonchev–Trinajstić information content (AvgIpc) is 3.20. The van der Waals surface area contributed by atoms with Gasteiger partial charge in [0.1, 0.15) is 18.0 Å². The Morgan fingerprint density at radius 3 is 2.26 bits per heavy atom. The van der Waals surface area contributed by atoms with Crippen molar-refractivity contribution < 1.29 is 23.9 Å². The molecule has 1 heterocycles. The number of rotatable bonds is 8. The van der Waals surface area contributed by atoms with Gasteiger partial charge in [0, 0.05) is 10.6 Å².